The third-order valence-corrected chi connectivity index (χ3v) is 9.92. The molecule has 19 atom stereocenters. The lowest BCUT2D eigenvalue weighted by Crippen LogP contribution is -2.68. The van der Waals surface area contributed by atoms with E-state index in [1.807, 2.05) is 30.3 Å². The highest BCUT2D eigenvalue weighted by Crippen LogP contribution is 2.34. The molecule has 18 N–H and O–H groups in total. The van der Waals surface area contributed by atoms with Gasteiger partial charge in [-0.1, -0.05) is 30.3 Å². The van der Waals surface area contributed by atoms with Crippen LogP contribution in [0.1, 0.15) is 12.0 Å². The average Bonchev–Trinajstić information content (AvgIpc) is 3.41. The molecule has 1 aromatic rings. The summed E-state index contributed by atoms with van der Waals surface area (Å²) in [5.74, 6) is 0. The van der Waals surface area contributed by atoms with E-state index >= 15 is 0 Å². The fourth-order valence-electron chi connectivity index (χ4n) is 6.84. The molecule has 286 valence electrons. The third-order valence-electron chi connectivity index (χ3n) is 9.92. The van der Waals surface area contributed by atoms with Crippen LogP contribution in [0.5, 0.6) is 0 Å². The summed E-state index contributed by atoms with van der Waals surface area (Å²) in [7, 11) is 0. The Morgan fingerprint density at radius 1 is 0.640 bits per heavy atom. The van der Waals surface area contributed by atoms with E-state index in [2.05, 4.69) is 5.32 Å². The van der Waals surface area contributed by atoms with E-state index in [-0.39, 0.29) is 19.5 Å². The Morgan fingerprint density at radius 3 is 1.82 bits per heavy atom. The highest BCUT2D eigenvalue weighted by Gasteiger charge is 2.54. The zero-order chi connectivity index (χ0) is 36.3. The molecule has 3 aliphatic heterocycles. The second-order valence-corrected chi connectivity index (χ2v) is 13.5. The van der Waals surface area contributed by atoms with Crippen LogP contribution in [0, 0.1) is 0 Å². The van der Waals surface area contributed by atoms with Crippen LogP contribution in [0.15, 0.2) is 30.3 Å². The second-order valence-electron chi connectivity index (χ2n) is 13.5. The molecule has 4 fully saturated rings. The van der Waals surface area contributed by atoms with Crippen molar-refractivity contribution < 1.29 is 64.2 Å². The van der Waals surface area contributed by atoms with Crippen molar-refractivity contribution in [2.75, 3.05) is 26.2 Å². The number of hydrogen-bond acceptors (Lipinski definition) is 19. The Labute approximate surface area is 289 Å². The van der Waals surface area contributed by atoms with E-state index in [4.69, 9.17) is 57.1 Å². The van der Waals surface area contributed by atoms with Gasteiger partial charge in [-0.2, -0.15) is 0 Å². The maximum Gasteiger partial charge on any atom is 0.187 e. The number of nitrogens with two attached hydrogens (primary N) is 5. The molecule has 0 spiro atoms. The van der Waals surface area contributed by atoms with E-state index in [0.29, 0.717) is 6.54 Å². The Kier molecular flexibility index (Phi) is 13.9. The monoisotopic (exact) mass is 718 g/mol. The highest BCUT2D eigenvalue weighted by molar-refractivity contribution is 5.14. The van der Waals surface area contributed by atoms with Crippen LogP contribution in [0.3, 0.4) is 0 Å². The normalized spacial score (nSPS) is 47.0. The molecule has 1 saturated carbocycles. The SMILES string of the molecule is NCC1O[C@H](O[C@H]2[C@@H](O)[C@H](O[C@@H]3[C@@H](O)[C@H](N)C[C@H](N)[C@H]3O[C@H]3O[C@H](CNCCc4ccccc4)[C@@H](O)[C@H](O)[C@H]3N)O[C@@H]2CO)[C@H](N)[C@@H](O)[C@@H]1O. The van der Waals surface area contributed by atoms with Gasteiger partial charge in [-0.05, 0) is 24.9 Å². The Balaban J connectivity index is 1.25. The van der Waals surface area contributed by atoms with Crippen LogP contribution in [-0.2, 0) is 34.8 Å². The molecule has 0 amide bonds. The Bertz CT molecular complexity index is 1180. The first-order chi connectivity index (χ1) is 23.9. The van der Waals surface area contributed by atoms with Gasteiger partial charge < -0.3 is 98.2 Å². The average molecular weight is 719 g/mol. The van der Waals surface area contributed by atoms with Gasteiger partial charge in [0, 0.05) is 25.2 Å². The van der Waals surface area contributed by atoms with Gasteiger partial charge in [0.1, 0.15) is 67.1 Å². The predicted molar refractivity (Wildman–Crippen MR) is 172 cm³/mol. The second kappa shape index (κ2) is 17.5. The summed E-state index contributed by atoms with van der Waals surface area (Å²) in [6, 6.07) is 5.60. The van der Waals surface area contributed by atoms with Gasteiger partial charge >= 0.3 is 0 Å². The van der Waals surface area contributed by atoms with Crippen molar-refractivity contribution in [2.24, 2.45) is 28.7 Å². The van der Waals surface area contributed by atoms with Crippen LogP contribution < -0.4 is 34.0 Å². The van der Waals surface area contributed by atoms with Crippen molar-refractivity contribution in [2.45, 2.75) is 129 Å². The number of benzene rings is 1. The zero-order valence-corrected chi connectivity index (χ0v) is 27.6. The molecule has 19 nitrogen and oxygen atoms in total. The van der Waals surface area contributed by atoms with Crippen molar-refractivity contribution in [3.63, 3.8) is 0 Å². The molecule has 0 bridgehead atoms. The summed E-state index contributed by atoms with van der Waals surface area (Å²) >= 11 is 0. The largest absolute Gasteiger partial charge is 0.394 e. The van der Waals surface area contributed by atoms with Gasteiger partial charge in [-0.25, -0.2) is 0 Å². The molecule has 0 radical (unpaired) electrons. The lowest BCUT2D eigenvalue weighted by molar-refractivity contribution is -0.307. The molecular formula is C31H54N6O13. The van der Waals surface area contributed by atoms with Crippen molar-refractivity contribution >= 4 is 0 Å². The summed E-state index contributed by atoms with van der Waals surface area (Å²) in [6.45, 7) is -0.0891. The fourth-order valence-corrected chi connectivity index (χ4v) is 6.84. The smallest absolute Gasteiger partial charge is 0.187 e. The number of aliphatic hydroxyl groups is 7. The van der Waals surface area contributed by atoms with Gasteiger partial charge in [0.25, 0.3) is 0 Å². The number of rotatable bonds is 13. The minimum atomic E-state index is -1.61. The summed E-state index contributed by atoms with van der Waals surface area (Å²) in [6.07, 6.45) is -19.0. The molecule has 19 heteroatoms. The molecule has 1 aliphatic carbocycles. The lowest BCUT2D eigenvalue weighted by atomic mass is 9.84. The van der Waals surface area contributed by atoms with E-state index < -0.39 is 123 Å². The molecule has 3 saturated heterocycles. The minimum Gasteiger partial charge on any atom is -0.394 e. The van der Waals surface area contributed by atoms with Gasteiger partial charge in [-0.3, -0.25) is 0 Å². The van der Waals surface area contributed by atoms with E-state index in [1.165, 1.54) is 0 Å². The first kappa shape index (κ1) is 39.7. The van der Waals surface area contributed by atoms with Gasteiger partial charge in [0.05, 0.1) is 24.8 Å². The molecule has 0 aromatic heterocycles. The summed E-state index contributed by atoms with van der Waals surface area (Å²) in [4.78, 5) is 0. The van der Waals surface area contributed by atoms with Crippen molar-refractivity contribution in [3.05, 3.63) is 35.9 Å². The van der Waals surface area contributed by atoms with Crippen LogP contribution in [0.4, 0.5) is 0 Å². The van der Waals surface area contributed by atoms with Crippen LogP contribution in [-0.4, -0.2) is 178 Å². The van der Waals surface area contributed by atoms with E-state index in [1.54, 1.807) is 0 Å². The fraction of sp³-hybridized carbons (Fsp3) is 0.806. The van der Waals surface area contributed by atoms with Crippen LogP contribution in [0.25, 0.3) is 0 Å². The highest BCUT2D eigenvalue weighted by atomic mass is 16.8. The summed E-state index contributed by atoms with van der Waals surface area (Å²) in [5, 5.41) is 77.8. The molecule has 4 aliphatic rings. The minimum absolute atomic E-state index is 0.0930. The molecule has 50 heavy (non-hydrogen) atoms. The van der Waals surface area contributed by atoms with Crippen molar-refractivity contribution in [1.29, 1.82) is 0 Å². The van der Waals surface area contributed by atoms with Crippen LogP contribution >= 0.6 is 0 Å². The first-order valence-electron chi connectivity index (χ1n) is 16.9. The zero-order valence-electron chi connectivity index (χ0n) is 27.6. The number of nitrogens with one attached hydrogen (secondary N) is 1. The molecule has 3 heterocycles. The predicted octanol–water partition coefficient (Wildman–Crippen LogP) is -7.02. The standard InChI is InChI=1S/C31H54N6O13/c32-9-15-21(40)23(42)18(35)29(45-15)49-27-17(11-38)47-31(25(27)44)50-28-20(39)13(33)8-14(34)26(28)48-30-19(36)24(43)22(41)16(46-30)10-37-7-6-12-4-2-1-3-5-12/h1-5,13-31,37-44H,6-11,32-36H2/t13-,14+,15?,16-,17-,18-,19-,20+,21-,22-,23-,24-,25-,26-,27-,28-,29-,30-,31+/m1/s1. The first-order valence-corrected chi connectivity index (χ1v) is 16.9. The third kappa shape index (κ3) is 8.63. The lowest BCUT2D eigenvalue weighted by Gasteiger charge is -2.47. The van der Waals surface area contributed by atoms with Crippen molar-refractivity contribution in [3.8, 4) is 0 Å². The van der Waals surface area contributed by atoms with Gasteiger partial charge in [0.15, 0.2) is 18.9 Å². The Hall–Kier alpha value is -1.54. The molecule has 1 unspecified atom stereocenters. The van der Waals surface area contributed by atoms with Gasteiger partial charge in [0.2, 0.25) is 0 Å². The molecule has 1 aromatic carbocycles. The molecular weight excluding hydrogens is 664 g/mol. The van der Waals surface area contributed by atoms with Crippen LogP contribution in [0.2, 0.25) is 0 Å². The maximum atomic E-state index is 11.3. The topological polar surface area (TPSA) is 339 Å². The number of ether oxygens (including phenoxy) is 6. The van der Waals surface area contributed by atoms with Crippen molar-refractivity contribution in [1.82, 2.24) is 5.32 Å². The quantitative estimate of drug-likeness (QED) is 0.0842. The Morgan fingerprint density at radius 2 is 1.20 bits per heavy atom. The van der Waals surface area contributed by atoms with E-state index in [0.717, 1.165) is 12.0 Å². The number of hydrogen-bond donors (Lipinski definition) is 13. The van der Waals surface area contributed by atoms with Gasteiger partial charge in [-0.15, -0.1) is 0 Å². The van der Waals surface area contributed by atoms with E-state index in [9.17, 15) is 35.7 Å². The molecule has 5 rings (SSSR count). The number of aliphatic hydroxyl groups excluding tert-OH is 7. The summed E-state index contributed by atoms with van der Waals surface area (Å²) in [5.41, 5.74) is 31.6. The summed E-state index contributed by atoms with van der Waals surface area (Å²) < 4.78 is 35.5. The maximum absolute atomic E-state index is 11.3.